The lowest BCUT2D eigenvalue weighted by Crippen LogP contribution is -2.36. The van der Waals surface area contributed by atoms with E-state index in [2.05, 4.69) is 10.6 Å². The second kappa shape index (κ2) is 7.95. The minimum atomic E-state index is -0.717. The number of nitrogens with one attached hydrogen (secondary N) is 2. The summed E-state index contributed by atoms with van der Waals surface area (Å²) < 4.78 is 0. The number of aliphatic hydroxyl groups excluding tert-OH is 1. The van der Waals surface area contributed by atoms with E-state index in [0.29, 0.717) is 12.1 Å². The Labute approximate surface area is 129 Å². The molecular weight excluding hydrogens is 280 g/mol. The van der Waals surface area contributed by atoms with Crippen molar-refractivity contribution in [2.45, 2.75) is 6.42 Å². The molecule has 0 radical (unpaired) electrons. The number of benzene rings is 2. The van der Waals surface area contributed by atoms with Gasteiger partial charge in [0.1, 0.15) is 0 Å². The van der Waals surface area contributed by atoms with Gasteiger partial charge in [0, 0.05) is 18.8 Å². The Balaban J connectivity index is 1.94. The summed E-state index contributed by atoms with van der Waals surface area (Å²) in [5, 5.41) is 13.6. The van der Waals surface area contributed by atoms with E-state index in [4.69, 9.17) is 5.11 Å². The van der Waals surface area contributed by atoms with E-state index in [1.165, 1.54) is 0 Å². The summed E-state index contributed by atoms with van der Waals surface area (Å²) in [7, 11) is 0. The fraction of sp³-hybridized carbons (Fsp3) is 0.176. The van der Waals surface area contributed by atoms with Crippen molar-refractivity contribution in [3.05, 3.63) is 54.6 Å². The van der Waals surface area contributed by atoms with Gasteiger partial charge in [0.25, 0.3) is 0 Å². The summed E-state index contributed by atoms with van der Waals surface area (Å²) in [6.07, 6.45) is 0.421. The largest absolute Gasteiger partial charge is 0.396 e. The topological polar surface area (TPSA) is 78.4 Å². The summed E-state index contributed by atoms with van der Waals surface area (Å²) in [6.45, 7) is 0.249. The number of hydrogen-bond acceptors (Lipinski definition) is 3. The molecule has 0 unspecified atom stereocenters. The summed E-state index contributed by atoms with van der Waals surface area (Å²) in [4.78, 5) is 23.2. The van der Waals surface area contributed by atoms with Crippen molar-refractivity contribution in [1.82, 2.24) is 5.32 Å². The third-order valence-corrected chi connectivity index (χ3v) is 3.08. The van der Waals surface area contributed by atoms with Gasteiger partial charge in [0.2, 0.25) is 0 Å². The molecule has 0 saturated carbocycles. The van der Waals surface area contributed by atoms with Gasteiger partial charge in [0.05, 0.1) is 0 Å². The predicted molar refractivity (Wildman–Crippen MR) is 85.2 cm³/mol. The number of carbonyl (C=O) groups is 2. The van der Waals surface area contributed by atoms with E-state index in [-0.39, 0.29) is 13.2 Å². The first-order valence-electron chi connectivity index (χ1n) is 7.06. The molecule has 0 bridgehead atoms. The van der Waals surface area contributed by atoms with Crippen molar-refractivity contribution < 1.29 is 14.7 Å². The Morgan fingerprint density at radius 2 is 1.50 bits per heavy atom. The molecule has 0 spiro atoms. The van der Waals surface area contributed by atoms with Crippen LogP contribution < -0.4 is 10.6 Å². The van der Waals surface area contributed by atoms with Crippen molar-refractivity contribution >= 4 is 17.5 Å². The maximum absolute atomic E-state index is 11.7. The highest BCUT2D eigenvalue weighted by molar-refractivity contribution is 6.39. The van der Waals surface area contributed by atoms with E-state index < -0.39 is 11.8 Å². The van der Waals surface area contributed by atoms with E-state index in [1.807, 2.05) is 42.5 Å². The first kappa shape index (κ1) is 15.7. The molecule has 5 heteroatoms. The standard InChI is InChI=1S/C17H18N2O3/c20-12-4-11-18-16(21)17(22)19-15-9-7-14(8-10-15)13-5-2-1-3-6-13/h1-3,5-10,20H,4,11-12H2,(H,18,21)(H,19,22). The van der Waals surface area contributed by atoms with Gasteiger partial charge in [-0.2, -0.15) is 0 Å². The van der Waals surface area contributed by atoms with Crippen LogP contribution in [0, 0.1) is 0 Å². The molecule has 0 saturated heterocycles. The first-order chi connectivity index (χ1) is 10.7. The second-order valence-corrected chi connectivity index (χ2v) is 4.73. The van der Waals surface area contributed by atoms with E-state index >= 15 is 0 Å². The van der Waals surface area contributed by atoms with Crippen molar-refractivity contribution in [2.24, 2.45) is 0 Å². The summed E-state index contributed by atoms with van der Waals surface area (Å²) in [5.74, 6) is -1.43. The van der Waals surface area contributed by atoms with Gasteiger partial charge >= 0.3 is 11.8 Å². The highest BCUT2D eigenvalue weighted by atomic mass is 16.3. The number of hydrogen-bond donors (Lipinski definition) is 3. The molecular formula is C17H18N2O3. The monoisotopic (exact) mass is 298 g/mol. The molecule has 0 aliphatic heterocycles. The molecule has 5 nitrogen and oxygen atoms in total. The fourth-order valence-corrected chi connectivity index (χ4v) is 1.93. The Hall–Kier alpha value is -2.66. The number of rotatable bonds is 5. The Bertz CT molecular complexity index is 624. The zero-order valence-corrected chi connectivity index (χ0v) is 12.1. The summed E-state index contributed by atoms with van der Waals surface area (Å²) >= 11 is 0. The second-order valence-electron chi connectivity index (χ2n) is 4.73. The number of amides is 2. The van der Waals surface area contributed by atoms with E-state index in [0.717, 1.165) is 11.1 Å². The quantitative estimate of drug-likeness (QED) is 0.581. The van der Waals surface area contributed by atoms with Gasteiger partial charge in [-0.1, -0.05) is 42.5 Å². The van der Waals surface area contributed by atoms with Crippen molar-refractivity contribution in [3.63, 3.8) is 0 Å². The van der Waals surface area contributed by atoms with E-state index in [1.54, 1.807) is 12.1 Å². The molecule has 2 amide bonds. The van der Waals surface area contributed by atoms with Crippen LogP contribution in [0.3, 0.4) is 0 Å². The molecule has 22 heavy (non-hydrogen) atoms. The first-order valence-corrected chi connectivity index (χ1v) is 7.06. The predicted octanol–water partition coefficient (Wildman–Crippen LogP) is 1.79. The van der Waals surface area contributed by atoms with Crippen LogP contribution in [0.25, 0.3) is 11.1 Å². The number of anilines is 1. The van der Waals surface area contributed by atoms with Crippen molar-refractivity contribution in [3.8, 4) is 11.1 Å². The van der Waals surface area contributed by atoms with Crippen LogP contribution in [0.4, 0.5) is 5.69 Å². The van der Waals surface area contributed by atoms with Crippen LogP contribution in [0.1, 0.15) is 6.42 Å². The highest BCUT2D eigenvalue weighted by Gasteiger charge is 2.12. The zero-order chi connectivity index (χ0) is 15.8. The lowest BCUT2D eigenvalue weighted by molar-refractivity contribution is -0.136. The fourth-order valence-electron chi connectivity index (χ4n) is 1.93. The van der Waals surface area contributed by atoms with Gasteiger partial charge in [-0.3, -0.25) is 9.59 Å². The van der Waals surface area contributed by atoms with Crippen LogP contribution in [0.2, 0.25) is 0 Å². The van der Waals surface area contributed by atoms with Crippen LogP contribution >= 0.6 is 0 Å². The average Bonchev–Trinajstić information content (AvgIpc) is 2.56. The van der Waals surface area contributed by atoms with Crippen LogP contribution in [0.5, 0.6) is 0 Å². The molecule has 0 atom stereocenters. The smallest absolute Gasteiger partial charge is 0.313 e. The summed E-state index contributed by atoms with van der Waals surface area (Å²) in [5.41, 5.74) is 2.68. The molecule has 2 aromatic rings. The van der Waals surface area contributed by atoms with Crippen LogP contribution in [0.15, 0.2) is 54.6 Å². The van der Waals surface area contributed by atoms with Crippen LogP contribution in [-0.2, 0) is 9.59 Å². The maximum atomic E-state index is 11.7. The molecule has 0 aliphatic rings. The zero-order valence-electron chi connectivity index (χ0n) is 12.1. The Morgan fingerprint density at radius 3 is 2.14 bits per heavy atom. The average molecular weight is 298 g/mol. The van der Waals surface area contributed by atoms with Crippen molar-refractivity contribution in [2.75, 3.05) is 18.5 Å². The van der Waals surface area contributed by atoms with Gasteiger partial charge in [-0.05, 0) is 29.7 Å². The minimum absolute atomic E-state index is 0.0250. The third kappa shape index (κ3) is 4.43. The molecule has 0 fully saturated rings. The maximum Gasteiger partial charge on any atom is 0.313 e. The number of carbonyl (C=O) groups excluding carboxylic acids is 2. The summed E-state index contributed by atoms with van der Waals surface area (Å²) in [6, 6.07) is 17.1. The third-order valence-electron chi connectivity index (χ3n) is 3.08. The Morgan fingerprint density at radius 1 is 0.864 bits per heavy atom. The molecule has 3 N–H and O–H groups in total. The highest BCUT2D eigenvalue weighted by Crippen LogP contribution is 2.20. The lowest BCUT2D eigenvalue weighted by atomic mass is 10.1. The van der Waals surface area contributed by atoms with Gasteiger partial charge in [-0.15, -0.1) is 0 Å². The SMILES string of the molecule is O=C(NCCCO)C(=O)Nc1ccc(-c2ccccc2)cc1. The van der Waals surface area contributed by atoms with Gasteiger partial charge in [0.15, 0.2) is 0 Å². The minimum Gasteiger partial charge on any atom is -0.396 e. The normalized spacial score (nSPS) is 10.0. The molecule has 0 aliphatic carbocycles. The van der Waals surface area contributed by atoms with Crippen molar-refractivity contribution in [1.29, 1.82) is 0 Å². The van der Waals surface area contributed by atoms with Gasteiger partial charge in [-0.25, -0.2) is 0 Å². The number of aliphatic hydroxyl groups is 1. The molecule has 2 rings (SSSR count). The molecule has 2 aromatic carbocycles. The van der Waals surface area contributed by atoms with E-state index in [9.17, 15) is 9.59 Å². The van der Waals surface area contributed by atoms with Crippen LogP contribution in [-0.4, -0.2) is 30.1 Å². The lowest BCUT2D eigenvalue weighted by Gasteiger charge is -2.07. The van der Waals surface area contributed by atoms with Gasteiger partial charge < -0.3 is 15.7 Å². The molecule has 0 heterocycles. The Kier molecular flexibility index (Phi) is 5.68. The molecule has 114 valence electrons. The molecule has 0 aromatic heterocycles.